The summed E-state index contributed by atoms with van der Waals surface area (Å²) in [6, 6.07) is 0. The van der Waals surface area contributed by atoms with Crippen molar-refractivity contribution in [3.05, 3.63) is 0 Å². The van der Waals surface area contributed by atoms with E-state index in [0.29, 0.717) is 5.88 Å². The van der Waals surface area contributed by atoms with E-state index in [-0.39, 0.29) is 19.0 Å². The predicted molar refractivity (Wildman–Crippen MR) is 35.2 cm³/mol. The molecule has 0 aliphatic rings. The summed E-state index contributed by atoms with van der Waals surface area (Å²) in [5, 5.41) is 0. The Balaban J connectivity index is 0. The van der Waals surface area contributed by atoms with E-state index in [2.05, 4.69) is 4.74 Å². The summed E-state index contributed by atoms with van der Waals surface area (Å²) in [6.07, 6.45) is 0. The zero-order valence-electron chi connectivity index (χ0n) is 3.89. The molecule has 0 radical (unpaired) electrons. The fourth-order valence-corrected chi connectivity index (χ4v) is 0.273. The van der Waals surface area contributed by atoms with Gasteiger partial charge in [-0.1, -0.05) is 0 Å². The number of hydrogen-bond acceptors (Lipinski definition) is 2. The molecule has 0 atom stereocenters. The van der Waals surface area contributed by atoms with Crippen molar-refractivity contribution in [3.63, 3.8) is 0 Å². The first-order chi connectivity index (χ1) is 3.27. The molecule has 0 saturated carbocycles. The molecule has 0 aromatic carbocycles. The SMILES string of the molecule is Cl.O=C(Cl)OCCCl. The number of halogens is 3. The molecule has 8 heavy (non-hydrogen) atoms. The highest BCUT2D eigenvalue weighted by Gasteiger charge is 1.90. The van der Waals surface area contributed by atoms with E-state index in [1.54, 1.807) is 0 Å². The summed E-state index contributed by atoms with van der Waals surface area (Å²) >= 11 is 9.85. The lowest BCUT2D eigenvalue weighted by Gasteiger charge is -1.90. The van der Waals surface area contributed by atoms with Gasteiger partial charge in [0.05, 0.1) is 5.88 Å². The molecule has 0 aromatic rings. The van der Waals surface area contributed by atoms with E-state index in [0.717, 1.165) is 0 Å². The van der Waals surface area contributed by atoms with E-state index in [4.69, 9.17) is 23.2 Å². The van der Waals surface area contributed by atoms with Gasteiger partial charge in [-0.3, -0.25) is 0 Å². The Morgan fingerprint density at radius 3 is 2.25 bits per heavy atom. The second-order valence-electron chi connectivity index (χ2n) is 0.775. The minimum atomic E-state index is -0.805. The van der Waals surface area contributed by atoms with E-state index in [1.807, 2.05) is 0 Å². The van der Waals surface area contributed by atoms with E-state index < -0.39 is 5.43 Å². The van der Waals surface area contributed by atoms with Crippen molar-refractivity contribution in [1.82, 2.24) is 0 Å². The average Bonchev–Trinajstić information content (AvgIpc) is 1.61. The maximum absolute atomic E-state index is 9.69. The standard InChI is InChI=1S/C3H4Cl2O2.ClH/c4-1-2-7-3(5)6;/h1-2H2;1H. The van der Waals surface area contributed by atoms with Gasteiger partial charge in [0.25, 0.3) is 0 Å². The van der Waals surface area contributed by atoms with Crippen LogP contribution in [0.2, 0.25) is 0 Å². The van der Waals surface area contributed by atoms with Crippen molar-refractivity contribution in [2.45, 2.75) is 0 Å². The molecule has 0 heterocycles. The molecule has 0 rings (SSSR count). The third-order valence-electron chi connectivity index (χ3n) is 0.293. The highest BCUT2D eigenvalue weighted by Crippen LogP contribution is 1.86. The van der Waals surface area contributed by atoms with E-state index >= 15 is 0 Å². The van der Waals surface area contributed by atoms with Crippen molar-refractivity contribution >= 4 is 41.0 Å². The van der Waals surface area contributed by atoms with Gasteiger partial charge in [-0.25, -0.2) is 4.79 Å². The summed E-state index contributed by atoms with van der Waals surface area (Å²) in [5.74, 6) is 0.290. The highest BCUT2D eigenvalue weighted by molar-refractivity contribution is 6.61. The van der Waals surface area contributed by atoms with Gasteiger partial charge in [0, 0.05) is 11.6 Å². The summed E-state index contributed by atoms with van der Waals surface area (Å²) in [5.41, 5.74) is -0.805. The molecule has 0 amide bonds. The first kappa shape index (κ1) is 11.2. The highest BCUT2D eigenvalue weighted by atomic mass is 35.5. The number of carbonyl (C=O) groups excluding carboxylic acids is 1. The molecule has 0 spiro atoms. The zero-order chi connectivity index (χ0) is 5.70. The van der Waals surface area contributed by atoms with Crippen LogP contribution in [-0.2, 0) is 4.74 Å². The molecular weight excluding hydrogens is 174 g/mol. The van der Waals surface area contributed by atoms with Gasteiger partial charge in [0.2, 0.25) is 0 Å². The lowest BCUT2D eigenvalue weighted by Crippen LogP contribution is -1.96. The topological polar surface area (TPSA) is 26.3 Å². The van der Waals surface area contributed by atoms with Crippen LogP contribution < -0.4 is 0 Å². The third kappa shape index (κ3) is 9.60. The number of ether oxygens (including phenoxy) is 1. The molecule has 0 N–H and O–H groups in total. The molecule has 0 saturated heterocycles. The van der Waals surface area contributed by atoms with Crippen LogP contribution in [0.5, 0.6) is 0 Å². The average molecular weight is 179 g/mol. The fraction of sp³-hybridized carbons (Fsp3) is 0.667. The lowest BCUT2D eigenvalue weighted by atomic mass is 10.9. The smallest absolute Gasteiger partial charge is 0.403 e. The normalized spacial score (nSPS) is 7.25. The molecule has 0 unspecified atom stereocenters. The molecule has 0 bridgehead atoms. The van der Waals surface area contributed by atoms with Gasteiger partial charge >= 0.3 is 5.43 Å². The lowest BCUT2D eigenvalue weighted by molar-refractivity contribution is 0.180. The van der Waals surface area contributed by atoms with Crippen LogP contribution in [0.1, 0.15) is 0 Å². The molecule has 50 valence electrons. The van der Waals surface area contributed by atoms with Gasteiger partial charge in [-0.15, -0.1) is 24.0 Å². The zero-order valence-corrected chi connectivity index (χ0v) is 6.22. The molecule has 2 nitrogen and oxygen atoms in total. The van der Waals surface area contributed by atoms with E-state index in [9.17, 15) is 4.79 Å². The summed E-state index contributed by atoms with van der Waals surface area (Å²) in [7, 11) is 0. The number of carbonyl (C=O) groups is 1. The Morgan fingerprint density at radius 2 is 2.12 bits per heavy atom. The third-order valence-corrected chi connectivity index (χ3v) is 0.556. The first-order valence-electron chi connectivity index (χ1n) is 1.65. The Labute approximate surface area is 63.5 Å². The fourth-order valence-electron chi connectivity index (χ4n) is 0.119. The molecule has 0 aromatic heterocycles. The van der Waals surface area contributed by atoms with Crippen LogP contribution in [0.15, 0.2) is 0 Å². The van der Waals surface area contributed by atoms with Gasteiger partial charge in [0.15, 0.2) is 0 Å². The Kier molecular flexibility index (Phi) is 10.3. The van der Waals surface area contributed by atoms with Crippen molar-refractivity contribution in [2.24, 2.45) is 0 Å². The van der Waals surface area contributed by atoms with Crippen LogP contribution in [0.4, 0.5) is 4.79 Å². The van der Waals surface area contributed by atoms with Crippen molar-refractivity contribution in [3.8, 4) is 0 Å². The number of hydrogen-bond donors (Lipinski definition) is 0. The predicted octanol–water partition coefficient (Wildman–Crippen LogP) is 2.02. The Bertz CT molecular complexity index is 65.5. The minimum Gasteiger partial charge on any atom is -0.452 e. The monoisotopic (exact) mass is 178 g/mol. The number of rotatable bonds is 2. The summed E-state index contributed by atoms with van der Waals surface area (Å²) < 4.78 is 4.19. The van der Waals surface area contributed by atoms with E-state index in [1.165, 1.54) is 0 Å². The second-order valence-corrected chi connectivity index (χ2v) is 1.46. The maximum Gasteiger partial charge on any atom is 0.403 e. The van der Waals surface area contributed by atoms with Gasteiger partial charge in [-0.2, -0.15) is 0 Å². The van der Waals surface area contributed by atoms with Gasteiger partial charge in [-0.05, 0) is 0 Å². The summed E-state index contributed by atoms with van der Waals surface area (Å²) in [6.45, 7) is 0.184. The Morgan fingerprint density at radius 1 is 1.62 bits per heavy atom. The van der Waals surface area contributed by atoms with Crippen molar-refractivity contribution < 1.29 is 9.53 Å². The molecule has 0 aliphatic carbocycles. The van der Waals surface area contributed by atoms with Crippen molar-refractivity contribution in [2.75, 3.05) is 12.5 Å². The van der Waals surface area contributed by atoms with Crippen LogP contribution >= 0.6 is 35.6 Å². The van der Waals surface area contributed by atoms with Crippen LogP contribution in [0, 0.1) is 0 Å². The minimum absolute atomic E-state index is 0. The van der Waals surface area contributed by atoms with Crippen molar-refractivity contribution in [1.29, 1.82) is 0 Å². The molecule has 5 heteroatoms. The van der Waals surface area contributed by atoms with Gasteiger partial charge in [0.1, 0.15) is 6.61 Å². The first-order valence-corrected chi connectivity index (χ1v) is 2.57. The van der Waals surface area contributed by atoms with Crippen LogP contribution in [0.3, 0.4) is 0 Å². The molecular formula is C3H5Cl3O2. The second kappa shape index (κ2) is 7.34. The van der Waals surface area contributed by atoms with Crippen LogP contribution in [0.25, 0.3) is 0 Å². The maximum atomic E-state index is 9.69. The van der Waals surface area contributed by atoms with Gasteiger partial charge < -0.3 is 4.74 Å². The summed E-state index contributed by atoms with van der Waals surface area (Å²) in [4.78, 5) is 9.69. The quantitative estimate of drug-likeness (QED) is 0.479. The Hall–Kier alpha value is 0.340. The number of alkyl halides is 1. The molecule has 0 aliphatic heterocycles. The largest absolute Gasteiger partial charge is 0.452 e. The molecule has 0 fully saturated rings. The van der Waals surface area contributed by atoms with Crippen LogP contribution in [-0.4, -0.2) is 17.9 Å².